The molecule has 0 spiro atoms. The third-order valence-corrected chi connectivity index (χ3v) is 15.4. The van der Waals surface area contributed by atoms with Gasteiger partial charge >= 0.3 is 0 Å². The number of fused-ring (bicyclic) bond motifs is 4. The molecular weight excluding hydrogens is 516 g/mol. The second-order valence-corrected chi connectivity index (χ2v) is 17.8. The van der Waals surface area contributed by atoms with Crippen LogP contribution in [-0.4, -0.2) is 29.9 Å². The van der Waals surface area contributed by atoms with Crippen LogP contribution in [0.1, 0.15) is 86.7 Å². The molecule has 3 atom stereocenters. The number of Topliss-reactive ketones (excluding diaryl/α,β-unsaturated/α-hetero) is 1. The van der Waals surface area contributed by atoms with Crippen LogP contribution in [0.25, 0.3) is 0 Å². The highest BCUT2D eigenvalue weighted by Crippen LogP contribution is 2.60. The number of aryl methyl sites for hydroxylation is 1. The zero-order chi connectivity index (χ0) is 28.9. The van der Waals surface area contributed by atoms with E-state index in [4.69, 9.17) is 9.16 Å². The second-order valence-electron chi connectivity index (χ2n) is 12.4. The minimum Gasteiger partial charge on any atom is -0.488 e. The molecule has 6 heteroatoms. The molecule has 0 saturated heterocycles. The molecule has 0 unspecified atom stereocenters. The lowest BCUT2D eigenvalue weighted by Gasteiger charge is -2.57. The molecule has 0 saturated carbocycles. The molecule has 0 fully saturated rings. The highest BCUT2D eigenvalue weighted by molar-refractivity contribution is 6.77. The average molecular weight is 559 g/mol. The fraction of sp³-hybridized carbons (Fsp3) is 0.441. The molecule has 0 aromatic heterocycles. The molecule has 5 nitrogen and oxygen atoms in total. The first-order valence-corrected chi connectivity index (χ1v) is 16.7. The molecule has 0 radical (unpaired) electrons. The van der Waals surface area contributed by atoms with Crippen LogP contribution in [0, 0.1) is 0 Å². The van der Waals surface area contributed by atoms with Gasteiger partial charge in [0.05, 0.1) is 0 Å². The third kappa shape index (κ3) is 4.19. The summed E-state index contributed by atoms with van der Waals surface area (Å²) in [5.74, 6) is 0.00790. The van der Waals surface area contributed by atoms with Crippen molar-refractivity contribution in [2.75, 3.05) is 0 Å². The lowest BCUT2D eigenvalue weighted by atomic mass is 9.58. The van der Waals surface area contributed by atoms with Crippen LogP contribution in [0.5, 0.6) is 5.75 Å². The maximum absolute atomic E-state index is 14.1. The quantitative estimate of drug-likeness (QED) is 0.285. The topological polar surface area (TPSA) is 76.0 Å². The van der Waals surface area contributed by atoms with Gasteiger partial charge in [-0.3, -0.25) is 4.79 Å². The predicted molar refractivity (Wildman–Crippen MR) is 160 cm³/mol. The smallest absolute Gasteiger partial charge is 0.201 e. The number of carbonyl (C=O) groups is 1. The van der Waals surface area contributed by atoms with E-state index in [0.29, 0.717) is 35.5 Å². The number of hydrogen-bond acceptors (Lipinski definition) is 5. The van der Waals surface area contributed by atoms with Gasteiger partial charge in [0.25, 0.3) is 0 Å². The maximum Gasteiger partial charge on any atom is 0.201 e. The van der Waals surface area contributed by atoms with Gasteiger partial charge in [0, 0.05) is 11.1 Å². The first-order chi connectivity index (χ1) is 19.0. The van der Waals surface area contributed by atoms with Gasteiger partial charge in [-0.05, 0) is 52.2 Å². The lowest BCUT2D eigenvalue weighted by Crippen LogP contribution is -2.67. The fourth-order valence-electron chi connectivity index (χ4n) is 7.56. The predicted octanol–water partition coefficient (Wildman–Crippen LogP) is 7.26. The van der Waals surface area contributed by atoms with Crippen molar-refractivity contribution in [1.29, 1.82) is 0 Å². The van der Waals surface area contributed by atoms with Gasteiger partial charge in [-0.15, -0.1) is 0 Å². The van der Waals surface area contributed by atoms with Gasteiger partial charge in [0.15, 0.2) is 17.0 Å². The van der Waals surface area contributed by atoms with Crippen molar-refractivity contribution in [1.82, 2.24) is 0 Å². The summed E-state index contributed by atoms with van der Waals surface area (Å²) in [5.41, 5.74) is -0.0101. The molecule has 3 aromatic carbocycles. The number of carbonyl (C=O) groups excluding carboxylic acids is 1. The molecule has 40 heavy (non-hydrogen) atoms. The molecule has 3 aromatic rings. The Morgan fingerprint density at radius 2 is 1.48 bits per heavy atom. The van der Waals surface area contributed by atoms with Gasteiger partial charge in [0.1, 0.15) is 18.5 Å². The molecule has 0 heterocycles. The van der Waals surface area contributed by atoms with E-state index in [-0.39, 0.29) is 23.0 Å². The number of aliphatic hydroxyl groups is 2. The number of ether oxygens (including phenoxy) is 1. The van der Waals surface area contributed by atoms with E-state index in [1.54, 1.807) is 6.07 Å². The molecule has 0 bridgehead atoms. The standard InChI is InChI=1S/C34H42O5Si/c1-22(2)40(23(3)4,24(5)6)39-32-28-17-11-10-16-27(28)31(35)33(36)20-19-26-15-12-18-29(30(26)34(32,33)37)38-21-25-13-8-7-9-14-25/h7-18,22-24,32,36-37H,19-21H2,1-6H3/t32-,33-,34+/m1/s1. The molecule has 0 aliphatic heterocycles. The van der Waals surface area contributed by atoms with Gasteiger partial charge < -0.3 is 19.4 Å². The van der Waals surface area contributed by atoms with Crippen LogP contribution in [0.3, 0.4) is 0 Å². The molecule has 5 rings (SSSR count). The molecule has 212 valence electrons. The molecule has 2 N–H and O–H groups in total. The lowest BCUT2D eigenvalue weighted by molar-refractivity contribution is -0.199. The summed E-state index contributed by atoms with van der Waals surface area (Å²) in [6.07, 6.45) is -0.394. The van der Waals surface area contributed by atoms with Crippen molar-refractivity contribution >= 4 is 14.1 Å². The first kappa shape index (κ1) is 28.7. The van der Waals surface area contributed by atoms with Crippen molar-refractivity contribution < 1.29 is 24.2 Å². The van der Waals surface area contributed by atoms with Crippen LogP contribution in [-0.2, 0) is 23.1 Å². The number of rotatable bonds is 8. The van der Waals surface area contributed by atoms with Gasteiger partial charge in [-0.25, -0.2) is 0 Å². The van der Waals surface area contributed by atoms with Gasteiger partial charge in [0.2, 0.25) is 8.32 Å². The zero-order valence-corrected chi connectivity index (χ0v) is 25.5. The van der Waals surface area contributed by atoms with E-state index in [9.17, 15) is 15.0 Å². The molecule has 0 amide bonds. The Labute approximate surface area is 239 Å². The van der Waals surface area contributed by atoms with E-state index in [1.807, 2.05) is 66.7 Å². The largest absolute Gasteiger partial charge is 0.488 e. The number of hydrogen-bond donors (Lipinski definition) is 2. The molecular formula is C34H42O5Si. The van der Waals surface area contributed by atoms with E-state index >= 15 is 0 Å². The summed E-state index contributed by atoms with van der Waals surface area (Å²) in [6, 6.07) is 22.9. The van der Waals surface area contributed by atoms with Gasteiger partial charge in [-0.2, -0.15) is 0 Å². The van der Waals surface area contributed by atoms with Crippen LogP contribution in [0.15, 0.2) is 72.8 Å². The van der Waals surface area contributed by atoms with Crippen molar-refractivity contribution in [3.05, 3.63) is 101 Å². The maximum atomic E-state index is 14.1. The summed E-state index contributed by atoms with van der Waals surface area (Å²) >= 11 is 0. The summed E-state index contributed by atoms with van der Waals surface area (Å²) in [4.78, 5) is 14.1. The van der Waals surface area contributed by atoms with Crippen molar-refractivity contribution in [3.63, 3.8) is 0 Å². The molecule has 2 aliphatic carbocycles. The Balaban J connectivity index is 1.75. The Bertz CT molecular complexity index is 1360. The van der Waals surface area contributed by atoms with Crippen molar-refractivity contribution in [2.45, 2.75) is 94.9 Å². The summed E-state index contributed by atoms with van der Waals surface area (Å²) in [6.45, 7) is 13.5. The SMILES string of the molecule is CC(C)[Si](O[C@@H]1c2ccccc2C(=O)[C@]2(O)CCc3cccc(OCc4ccccc4)c3[C@]12O)(C(C)C)C(C)C. The number of benzene rings is 3. The number of ketones is 1. The second kappa shape index (κ2) is 10.6. The minimum atomic E-state index is -2.59. The first-order valence-electron chi connectivity index (χ1n) is 14.5. The highest BCUT2D eigenvalue weighted by Gasteiger charge is 2.68. The van der Waals surface area contributed by atoms with Gasteiger partial charge in [-0.1, -0.05) is 108 Å². The van der Waals surface area contributed by atoms with Crippen LogP contribution in [0.2, 0.25) is 16.6 Å². The van der Waals surface area contributed by atoms with Crippen LogP contribution in [0.4, 0.5) is 0 Å². The van der Waals surface area contributed by atoms with E-state index < -0.39 is 31.4 Å². The Morgan fingerprint density at radius 3 is 2.12 bits per heavy atom. The monoisotopic (exact) mass is 558 g/mol. The fourth-order valence-corrected chi connectivity index (χ4v) is 13.1. The van der Waals surface area contributed by atoms with Crippen molar-refractivity contribution in [2.24, 2.45) is 0 Å². The summed E-state index contributed by atoms with van der Waals surface area (Å²) in [7, 11) is -2.59. The summed E-state index contributed by atoms with van der Waals surface area (Å²) in [5, 5.41) is 25.5. The Kier molecular flexibility index (Phi) is 7.59. The van der Waals surface area contributed by atoms with E-state index in [1.165, 1.54) is 0 Å². The highest BCUT2D eigenvalue weighted by atomic mass is 28.4. The third-order valence-electron chi connectivity index (χ3n) is 9.39. The van der Waals surface area contributed by atoms with Crippen LogP contribution >= 0.6 is 0 Å². The average Bonchev–Trinajstić information content (AvgIpc) is 2.93. The summed E-state index contributed by atoms with van der Waals surface area (Å²) < 4.78 is 13.7. The van der Waals surface area contributed by atoms with E-state index in [0.717, 1.165) is 11.1 Å². The minimum absolute atomic E-state index is 0.102. The normalized spacial score (nSPS) is 24.2. The van der Waals surface area contributed by atoms with E-state index in [2.05, 4.69) is 41.5 Å². The zero-order valence-electron chi connectivity index (χ0n) is 24.5. The van der Waals surface area contributed by atoms with Crippen LogP contribution < -0.4 is 4.74 Å². The Morgan fingerprint density at radius 1 is 0.850 bits per heavy atom. The Hall–Kier alpha value is -2.77. The van der Waals surface area contributed by atoms with Crippen molar-refractivity contribution in [3.8, 4) is 5.75 Å². The molecule has 2 aliphatic rings.